The molecular formula is C30H39LiO8. The number of aromatic carboxylic acids is 2. The van der Waals surface area contributed by atoms with Crippen molar-refractivity contribution in [2.75, 3.05) is 0 Å². The fourth-order valence-corrected chi connectivity index (χ4v) is 3.92. The maximum Gasteiger partial charge on any atom is 1.00 e. The Labute approximate surface area is 242 Å². The molecule has 0 aliphatic heterocycles. The fourth-order valence-electron chi connectivity index (χ4n) is 3.92. The monoisotopic (exact) mass is 534 g/mol. The average Bonchev–Trinajstić information content (AvgIpc) is 3.46. The van der Waals surface area contributed by atoms with Crippen molar-refractivity contribution in [1.82, 2.24) is 0 Å². The van der Waals surface area contributed by atoms with Gasteiger partial charge in [0.2, 0.25) is 11.5 Å². The summed E-state index contributed by atoms with van der Waals surface area (Å²) >= 11 is 0. The molecule has 0 radical (unpaired) electrons. The van der Waals surface area contributed by atoms with E-state index in [0.717, 1.165) is 28.2 Å². The van der Waals surface area contributed by atoms with Gasteiger partial charge in [0, 0.05) is 18.3 Å². The van der Waals surface area contributed by atoms with Gasteiger partial charge in [-0.3, -0.25) is 4.79 Å². The van der Waals surface area contributed by atoms with Crippen LogP contribution in [0.2, 0.25) is 0 Å². The summed E-state index contributed by atoms with van der Waals surface area (Å²) < 4.78 is 11.1. The Bertz CT molecular complexity index is 1180. The summed E-state index contributed by atoms with van der Waals surface area (Å²) in [5, 5.41) is 17.7. The van der Waals surface area contributed by atoms with E-state index in [0.29, 0.717) is 17.6 Å². The molecule has 0 fully saturated rings. The first-order chi connectivity index (χ1) is 17.2. The van der Waals surface area contributed by atoms with Crippen LogP contribution in [0.15, 0.2) is 45.2 Å². The smallest absolute Gasteiger partial charge is 0.870 e. The van der Waals surface area contributed by atoms with Gasteiger partial charge >= 0.3 is 30.8 Å². The van der Waals surface area contributed by atoms with Crippen molar-refractivity contribution in [3.05, 3.63) is 81.7 Å². The number of carboxylic acid groups (broad SMARTS) is 2. The first-order valence-electron chi connectivity index (χ1n) is 12.6. The Hall–Kier alpha value is -3.05. The number of carboxylic acids is 2. The van der Waals surface area contributed by atoms with Crippen LogP contribution < -0.4 is 18.9 Å². The van der Waals surface area contributed by atoms with E-state index in [4.69, 9.17) is 19.0 Å². The molecular weight excluding hydrogens is 495 g/mol. The summed E-state index contributed by atoms with van der Waals surface area (Å²) in [6.07, 6.45) is 0.197. The number of ketones is 1. The van der Waals surface area contributed by atoms with Gasteiger partial charge in [-0.25, -0.2) is 9.59 Å². The standard InChI is InChI=1S/C19H22O4.C11H16O3.Li.H2O/c1-11(2)15-10-17(23-18(15)12(3)4)16(20)9-13-5-7-14(8-6-13)19(21)22;1-6(2)8-5-9(11(12)13)14-10(8)7(3)4;;/h5-8,10-12H,9H2,1-4H3,(H,21,22);5-7H,1-4H3,(H,12,13);;1H2/q;;+1;/p-1. The zero-order valence-corrected chi connectivity index (χ0v) is 24.4. The predicted octanol–water partition coefficient (Wildman–Crippen LogP) is 4.70. The van der Waals surface area contributed by atoms with Crippen molar-refractivity contribution >= 4 is 17.7 Å². The molecule has 1 aromatic carbocycles. The van der Waals surface area contributed by atoms with E-state index in [1.54, 1.807) is 18.2 Å². The average molecular weight is 535 g/mol. The molecule has 3 aromatic rings. The molecule has 0 unspecified atom stereocenters. The molecule has 39 heavy (non-hydrogen) atoms. The summed E-state index contributed by atoms with van der Waals surface area (Å²) in [6.45, 7) is 16.3. The molecule has 0 amide bonds. The van der Waals surface area contributed by atoms with Crippen molar-refractivity contribution in [1.29, 1.82) is 0 Å². The van der Waals surface area contributed by atoms with Gasteiger partial charge in [0.1, 0.15) is 11.5 Å². The maximum atomic E-state index is 12.4. The molecule has 0 aliphatic rings. The summed E-state index contributed by atoms with van der Waals surface area (Å²) in [4.78, 5) is 34.0. The normalized spacial score (nSPS) is 10.7. The molecule has 3 rings (SSSR count). The van der Waals surface area contributed by atoms with Crippen LogP contribution in [0.1, 0.15) is 139 Å². The van der Waals surface area contributed by atoms with E-state index in [2.05, 4.69) is 13.8 Å². The number of furan rings is 2. The minimum absolute atomic E-state index is 0. The Morgan fingerprint density at radius 1 is 0.667 bits per heavy atom. The van der Waals surface area contributed by atoms with Crippen LogP contribution >= 0.6 is 0 Å². The Balaban J connectivity index is 0.000000783. The molecule has 0 spiro atoms. The minimum atomic E-state index is -1.00. The third-order valence-corrected chi connectivity index (χ3v) is 5.93. The summed E-state index contributed by atoms with van der Waals surface area (Å²) in [6, 6.07) is 9.81. The van der Waals surface area contributed by atoms with Crippen molar-refractivity contribution in [2.24, 2.45) is 0 Å². The molecule has 0 saturated heterocycles. The number of benzene rings is 1. The van der Waals surface area contributed by atoms with Gasteiger partial charge in [0.15, 0.2) is 5.76 Å². The molecule has 208 valence electrons. The number of hydrogen-bond donors (Lipinski definition) is 2. The van der Waals surface area contributed by atoms with E-state index < -0.39 is 11.9 Å². The van der Waals surface area contributed by atoms with Crippen LogP contribution in [0.4, 0.5) is 0 Å². The molecule has 0 bridgehead atoms. The second-order valence-electron chi connectivity index (χ2n) is 10.4. The van der Waals surface area contributed by atoms with Gasteiger partial charge in [0.25, 0.3) is 0 Å². The van der Waals surface area contributed by atoms with Crippen LogP contribution in [-0.2, 0) is 6.42 Å². The first kappa shape index (κ1) is 35.9. The molecule has 0 saturated carbocycles. The molecule has 8 nitrogen and oxygen atoms in total. The number of hydrogen-bond acceptors (Lipinski definition) is 6. The van der Waals surface area contributed by atoms with E-state index in [1.807, 2.05) is 47.6 Å². The molecule has 9 heteroatoms. The van der Waals surface area contributed by atoms with Crippen molar-refractivity contribution in [2.45, 2.75) is 85.5 Å². The maximum absolute atomic E-state index is 12.4. The van der Waals surface area contributed by atoms with Crippen molar-refractivity contribution in [3.8, 4) is 0 Å². The number of rotatable bonds is 9. The summed E-state index contributed by atoms with van der Waals surface area (Å²) in [5.74, 6) is 1.04. The Morgan fingerprint density at radius 3 is 1.41 bits per heavy atom. The zero-order chi connectivity index (χ0) is 28.0. The van der Waals surface area contributed by atoms with Gasteiger partial charge in [-0.1, -0.05) is 67.5 Å². The van der Waals surface area contributed by atoms with E-state index in [-0.39, 0.29) is 59.7 Å². The van der Waals surface area contributed by atoms with Crippen molar-refractivity contribution in [3.63, 3.8) is 0 Å². The third kappa shape index (κ3) is 9.57. The predicted molar refractivity (Wildman–Crippen MR) is 144 cm³/mol. The molecule has 0 aliphatic carbocycles. The van der Waals surface area contributed by atoms with Crippen LogP contribution in [0.3, 0.4) is 0 Å². The molecule has 0 atom stereocenters. The van der Waals surface area contributed by atoms with Gasteiger partial charge in [-0.15, -0.1) is 0 Å². The topological polar surface area (TPSA) is 148 Å². The van der Waals surface area contributed by atoms with E-state index in [1.165, 1.54) is 12.1 Å². The number of Topliss-reactive ketones (excluding diaryl/α,β-unsaturated/α-hetero) is 1. The van der Waals surface area contributed by atoms with Crippen LogP contribution in [0, 0.1) is 0 Å². The second-order valence-corrected chi connectivity index (χ2v) is 10.4. The molecule has 2 heterocycles. The minimum Gasteiger partial charge on any atom is -0.870 e. The summed E-state index contributed by atoms with van der Waals surface area (Å²) in [7, 11) is 0. The number of carbonyl (C=O) groups is 3. The van der Waals surface area contributed by atoms with Gasteiger partial charge in [-0.05, 0) is 52.8 Å². The quantitative estimate of drug-likeness (QED) is 0.296. The van der Waals surface area contributed by atoms with Gasteiger partial charge in [0.05, 0.1) is 5.56 Å². The largest absolute Gasteiger partial charge is 1.00 e. The molecule has 3 N–H and O–H groups in total. The van der Waals surface area contributed by atoms with E-state index >= 15 is 0 Å². The van der Waals surface area contributed by atoms with Gasteiger partial charge in [-0.2, -0.15) is 0 Å². The zero-order valence-electron chi connectivity index (χ0n) is 24.4. The SMILES string of the molecule is CC(C)c1cc(C(=O)Cc2ccc(C(=O)O)cc2)oc1C(C)C.CC(C)c1cc(C(=O)O)oc1C(C)C.[Li+].[OH-]. The number of carbonyl (C=O) groups excluding carboxylic acids is 1. The van der Waals surface area contributed by atoms with Gasteiger partial charge < -0.3 is 24.5 Å². The van der Waals surface area contributed by atoms with Crippen LogP contribution in [0.5, 0.6) is 0 Å². The second kappa shape index (κ2) is 15.5. The van der Waals surface area contributed by atoms with Crippen LogP contribution in [0.25, 0.3) is 0 Å². The molecule has 2 aromatic heterocycles. The first-order valence-corrected chi connectivity index (χ1v) is 12.6. The summed E-state index contributed by atoms with van der Waals surface area (Å²) in [5.41, 5.74) is 3.05. The Kier molecular flexibility index (Phi) is 14.3. The van der Waals surface area contributed by atoms with Crippen molar-refractivity contribution < 1.29 is 57.8 Å². The third-order valence-electron chi connectivity index (χ3n) is 5.93. The van der Waals surface area contributed by atoms with E-state index in [9.17, 15) is 14.4 Å². The van der Waals surface area contributed by atoms with Crippen LogP contribution in [-0.4, -0.2) is 33.4 Å². The fraction of sp³-hybridized carbons (Fsp3) is 0.433. The Morgan fingerprint density at radius 2 is 1.08 bits per heavy atom.